The van der Waals surface area contributed by atoms with Gasteiger partial charge in [-0.15, -0.1) is 0 Å². The first kappa shape index (κ1) is 23.4. The highest BCUT2D eigenvalue weighted by Gasteiger charge is 2.46. The number of nitrogens with zero attached hydrogens (tertiary/aromatic N) is 1. The second kappa shape index (κ2) is 9.93. The first-order valence-electron chi connectivity index (χ1n) is 9.71. The van der Waals surface area contributed by atoms with Crippen molar-refractivity contribution in [2.75, 3.05) is 41.6 Å². The van der Waals surface area contributed by atoms with E-state index >= 15 is 0 Å². The zero-order valence-electron chi connectivity index (χ0n) is 18.2. The topological polar surface area (TPSA) is 94.5 Å². The molecule has 0 saturated carbocycles. The standard InChI is InChI=1S/C23H24ClNO7/c1-29-10-9-25-19(14-11-16(30-2)22(32-4)17(12-14)31-3)18(21(27)23(25)28)20(26)13-5-7-15(24)8-6-13/h5-8,11-12,19,26H,9-10H2,1-4H3/b20-18+/t19-/m1/s1. The van der Waals surface area contributed by atoms with E-state index < -0.39 is 17.7 Å². The minimum atomic E-state index is -0.894. The van der Waals surface area contributed by atoms with Crippen molar-refractivity contribution in [1.82, 2.24) is 4.90 Å². The number of aliphatic hydroxyl groups is 1. The minimum absolute atomic E-state index is 0.0531. The van der Waals surface area contributed by atoms with Crippen molar-refractivity contribution in [3.8, 4) is 17.2 Å². The third-order valence-corrected chi connectivity index (χ3v) is 5.45. The summed E-state index contributed by atoms with van der Waals surface area (Å²) in [7, 11) is 5.91. The molecule has 0 unspecified atom stereocenters. The van der Waals surface area contributed by atoms with E-state index in [1.165, 1.54) is 33.3 Å². The van der Waals surface area contributed by atoms with Crippen LogP contribution < -0.4 is 14.2 Å². The summed E-state index contributed by atoms with van der Waals surface area (Å²) in [6, 6.07) is 8.73. The number of likely N-dealkylation sites (tertiary alicyclic amines) is 1. The van der Waals surface area contributed by atoms with Crippen molar-refractivity contribution >= 4 is 29.1 Å². The van der Waals surface area contributed by atoms with E-state index in [0.717, 1.165) is 0 Å². The van der Waals surface area contributed by atoms with Gasteiger partial charge in [-0.2, -0.15) is 0 Å². The fourth-order valence-corrected chi connectivity index (χ4v) is 3.80. The lowest BCUT2D eigenvalue weighted by Crippen LogP contribution is -2.32. The maximum atomic E-state index is 13.0. The van der Waals surface area contributed by atoms with Gasteiger partial charge in [-0.1, -0.05) is 11.6 Å². The van der Waals surface area contributed by atoms with Gasteiger partial charge in [0.1, 0.15) is 5.76 Å². The highest BCUT2D eigenvalue weighted by atomic mass is 35.5. The molecule has 9 heteroatoms. The number of methoxy groups -OCH3 is 4. The quantitative estimate of drug-likeness (QED) is 0.365. The number of aliphatic hydroxyl groups excluding tert-OH is 1. The first-order valence-corrected chi connectivity index (χ1v) is 10.1. The maximum absolute atomic E-state index is 13.0. The molecule has 0 aliphatic carbocycles. The average molecular weight is 462 g/mol. The van der Waals surface area contributed by atoms with Crippen LogP contribution in [0.1, 0.15) is 17.2 Å². The predicted octanol–water partition coefficient (Wildman–Crippen LogP) is 3.43. The van der Waals surface area contributed by atoms with Crippen LogP contribution in [0, 0.1) is 0 Å². The minimum Gasteiger partial charge on any atom is -0.507 e. The normalized spacial score (nSPS) is 17.5. The molecule has 1 aliphatic heterocycles. The molecule has 2 aromatic rings. The van der Waals surface area contributed by atoms with Crippen LogP contribution >= 0.6 is 11.6 Å². The molecule has 0 bridgehead atoms. The summed E-state index contributed by atoms with van der Waals surface area (Å²) >= 11 is 5.95. The van der Waals surface area contributed by atoms with E-state index in [0.29, 0.717) is 33.4 Å². The summed E-state index contributed by atoms with van der Waals surface area (Å²) in [5.41, 5.74) is 0.810. The monoisotopic (exact) mass is 461 g/mol. The molecular weight excluding hydrogens is 438 g/mol. The highest BCUT2D eigenvalue weighted by molar-refractivity contribution is 6.46. The number of ketones is 1. The van der Waals surface area contributed by atoms with Crippen molar-refractivity contribution in [1.29, 1.82) is 0 Å². The fraction of sp³-hybridized carbons (Fsp3) is 0.304. The molecule has 0 radical (unpaired) electrons. The van der Waals surface area contributed by atoms with E-state index in [4.69, 9.17) is 30.5 Å². The Morgan fingerprint density at radius 2 is 1.59 bits per heavy atom. The smallest absolute Gasteiger partial charge is 0.295 e. The van der Waals surface area contributed by atoms with Gasteiger partial charge in [-0.3, -0.25) is 9.59 Å². The molecule has 0 aromatic heterocycles. The van der Waals surface area contributed by atoms with Gasteiger partial charge in [-0.25, -0.2) is 0 Å². The number of hydrogen-bond donors (Lipinski definition) is 1. The second-order valence-corrected chi connectivity index (χ2v) is 7.39. The number of hydrogen-bond acceptors (Lipinski definition) is 7. The van der Waals surface area contributed by atoms with Crippen LogP contribution in [0.4, 0.5) is 0 Å². The Morgan fingerprint density at radius 1 is 1.00 bits per heavy atom. The van der Waals surface area contributed by atoms with Gasteiger partial charge in [-0.05, 0) is 42.0 Å². The van der Waals surface area contributed by atoms with Crippen LogP contribution in [0.5, 0.6) is 17.2 Å². The number of amides is 1. The molecule has 3 rings (SSSR count). The van der Waals surface area contributed by atoms with Crippen molar-refractivity contribution in [2.24, 2.45) is 0 Å². The van der Waals surface area contributed by atoms with E-state index in [2.05, 4.69) is 0 Å². The highest BCUT2D eigenvalue weighted by Crippen LogP contribution is 2.45. The van der Waals surface area contributed by atoms with Gasteiger partial charge in [0.25, 0.3) is 11.7 Å². The third kappa shape index (κ3) is 4.24. The van der Waals surface area contributed by atoms with E-state index in [9.17, 15) is 14.7 Å². The van der Waals surface area contributed by atoms with Crippen molar-refractivity contribution in [3.63, 3.8) is 0 Å². The summed E-state index contributed by atoms with van der Waals surface area (Å²) in [5.74, 6) is -0.774. The Bertz CT molecular complexity index is 1020. The average Bonchev–Trinajstić information content (AvgIpc) is 3.06. The summed E-state index contributed by atoms with van der Waals surface area (Å²) in [6.07, 6.45) is 0. The molecule has 1 N–H and O–H groups in total. The number of benzene rings is 2. The Morgan fingerprint density at radius 3 is 2.09 bits per heavy atom. The lowest BCUT2D eigenvalue weighted by atomic mass is 9.94. The SMILES string of the molecule is COCCN1C(=O)C(=O)/C(=C(/O)c2ccc(Cl)cc2)[C@H]1c1cc(OC)c(OC)c(OC)c1. The Labute approximate surface area is 190 Å². The van der Waals surface area contributed by atoms with Gasteiger partial charge < -0.3 is 29.0 Å². The zero-order chi connectivity index (χ0) is 23.4. The Balaban J connectivity index is 2.25. The van der Waals surface area contributed by atoms with Crippen molar-refractivity contribution < 1.29 is 33.6 Å². The molecule has 8 nitrogen and oxygen atoms in total. The van der Waals surface area contributed by atoms with Crippen LogP contribution in [0.3, 0.4) is 0 Å². The third-order valence-electron chi connectivity index (χ3n) is 5.20. The van der Waals surface area contributed by atoms with Crippen molar-refractivity contribution in [2.45, 2.75) is 6.04 Å². The number of rotatable bonds is 8. The molecule has 1 fully saturated rings. The summed E-state index contributed by atoms with van der Waals surface area (Å²) in [6.45, 7) is 0.342. The number of halogens is 1. The predicted molar refractivity (Wildman–Crippen MR) is 118 cm³/mol. The van der Waals surface area contributed by atoms with Crippen LogP contribution in [0.25, 0.3) is 5.76 Å². The molecule has 1 heterocycles. The lowest BCUT2D eigenvalue weighted by molar-refractivity contribution is -0.140. The lowest BCUT2D eigenvalue weighted by Gasteiger charge is -2.26. The molecular formula is C23H24ClNO7. The van der Waals surface area contributed by atoms with E-state index in [-0.39, 0.29) is 24.5 Å². The summed E-state index contributed by atoms with van der Waals surface area (Å²) < 4.78 is 21.4. The molecule has 0 spiro atoms. The van der Waals surface area contributed by atoms with Crippen LogP contribution in [0.2, 0.25) is 5.02 Å². The molecule has 1 amide bonds. The largest absolute Gasteiger partial charge is 0.507 e. The molecule has 2 aromatic carbocycles. The van der Waals surface area contributed by atoms with E-state index in [1.54, 1.807) is 36.4 Å². The maximum Gasteiger partial charge on any atom is 0.295 e. The second-order valence-electron chi connectivity index (χ2n) is 6.95. The molecule has 170 valence electrons. The first-order chi connectivity index (χ1) is 15.4. The van der Waals surface area contributed by atoms with E-state index in [1.807, 2.05) is 0 Å². The van der Waals surface area contributed by atoms with Gasteiger partial charge in [0.15, 0.2) is 11.5 Å². The number of ether oxygens (including phenoxy) is 4. The van der Waals surface area contributed by atoms with Crippen LogP contribution in [0.15, 0.2) is 42.0 Å². The van der Waals surface area contributed by atoms with Gasteiger partial charge in [0.05, 0.1) is 39.6 Å². The zero-order valence-corrected chi connectivity index (χ0v) is 18.9. The molecule has 1 atom stereocenters. The Kier molecular flexibility index (Phi) is 7.27. The molecule has 32 heavy (non-hydrogen) atoms. The van der Waals surface area contributed by atoms with Crippen molar-refractivity contribution in [3.05, 3.63) is 58.1 Å². The summed E-state index contributed by atoms with van der Waals surface area (Å²) in [5, 5.41) is 11.5. The molecule has 1 saturated heterocycles. The summed E-state index contributed by atoms with van der Waals surface area (Å²) in [4.78, 5) is 27.3. The number of carbonyl (C=O) groups excluding carboxylic acids is 2. The van der Waals surface area contributed by atoms with Gasteiger partial charge in [0.2, 0.25) is 5.75 Å². The number of carbonyl (C=O) groups is 2. The molecule has 1 aliphatic rings. The van der Waals surface area contributed by atoms with Gasteiger partial charge >= 0.3 is 0 Å². The van der Waals surface area contributed by atoms with Gasteiger partial charge in [0, 0.05) is 24.2 Å². The van der Waals surface area contributed by atoms with Crippen LogP contribution in [-0.2, 0) is 14.3 Å². The van der Waals surface area contributed by atoms with Crippen LogP contribution in [-0.4, -0.2) is 63.3 Å². The fourth-order valence-electron chi connectivity index (χ4n) is 3.67. The number of Topliss-reactive ketones (excluding diaryl/α,β-unsaturated/α-hetero) is 1. The Hall–Kier alpha value is -3.23.